The molecule has 1 aromatic rings. The summed E-state index contributed by atoms with van der Waals surface area (Å²) in [6, 6.07) is 0. The molecule has 0 bridgehead atoms. The summed E-state index contributed by atoms with van der Waals surface area (Å²) in [4.78, 5) is 9.12. The van der Waals surface area contributed by atoms with Gasteiger partial charge >= 0.3 is 0 Å². The Labute approximate surface area is 121 Å². The minimum Gasteiger partial charge on any atom is -0.381 e. The first kappa shape index (κ1) is 15.0. The highest BCUT2D eigenvalue weighted by molar-refractivity contribution is 5.57. The fraction of sp³-hybridized carbons (Fsp3) is 0.733. The second-order valence-corrected chi connectivity index (χ2v) is 5.84. The number of nitrogens with one attached hydrogen (secondary N) is 2. The van der Waals surface area contributed by atoms with Gasteiger partial charge in [0.2, 0.25) is 0 Å². The van der Waals surface area contributed by atoms with Gasteiger partial charge in [-0.1, -0.05) is 13.8 Å². The van der Waals surface area contributed by atoms with E-state index in [1.807, 2.05) is 7.05 Å². The molecule has 1 aliphatic heterocycles. The van der Waals surface area contributed by atoms with E-state index < -0.39 is 0 Å². The van der Waals surface area contributed by atoms with Crippen molar-refractivity contribution in [2.45, 2.75) is 40.0 Å². The predicted octanol–water partition coefficient (Wildman–Crippen LogP) is 2.62. The quantitative estimate of drug-likeness (QED) is 0.867. The van der Waals surface area contributed by atoms with Gasteiger partial charge in [-0.2, -0.15) is 0 Å². The van der Waals surface area contributed by atoms with Gasteiger partial charge in [-0.3, -0.25) is 0 Å². The number of anilines is 2. The Balaban J connectivity index is 2.12. The van der Waals surface area contributed by atoms with Crippen LogP contribution in [-0.2, 0) is 11.2 Å². The zero-order chi connectivity index (χ0) is 14.6. The lowest BCUT2D eigenvalue weighted by Crippen LogP contribution is -2.33. The molecule has 0 unspecified atom stereocenters. The molecular formula is C15H26N4O. The summed E-state index contributed by atoms with van der Waals surface area (Å²) in [6.07, 6.45) is 3.04. The second-order valence-electron chi connectivity index (χ2n) is 5.84. The summed E-state index contributed by atoms with van der Waals surface area (Å²) >= 11 is 0. The monoisotopic (exact) mass is 278 g/mol. The van der Waals surface area contributed by atoms with Crippen LogP contribution in [0.15, 0.2) is 0 Å². The Morgan fingerprint density at radius 3 is 2.45 bits per heavy atom. The fourth-order valence-electron chi connectivity index (χ4n) is 2.47. The molecule has 5 nitrogen and oxygen atoms in total. The van der Waals surface area contributed by atoms with Crippen LogP contribution in [0.1, 0.15) is 38.1 Å². The molecule has 0 aliphatic carbocycles. The Hall–Kier alpha value is -1.36. The van der Waals surface area contributed by atoms with Crippen LogP contribution < -0.4 is 10.6 Å². The first-order valence-corrected chi connectivity index (χ1v) is 7.45. The van der Waals surface area contributed by atoms with Crippen LogP contribution in [0.25, 0.3) is 0 Å². The first-order valence-electron chi connectivity index (χ1n) is 7.45. The van der Waals surface area contributed by atoms with Gasteiger partial charge in [-0.05, 0) is 25.2 Å². The molecule has 2 heterocycles. The highest BCUT2D eigenvalue weighted by atomic mass is 16.5. The Morgan fingerprint density at radius 1 is 1.20 bits per heavy atom. The fourth-order valence-corrected chi connectivity index (χ4v) is 2.47. The van der Waals surface area contributed by atoms with Crippen LogP contribution in [0, 0.1) is 12.3 Å². The lowest BCUT2D eigenvalue weighted by molar-refractivity contribution is 0.0299. The summed E-state index contributed by atoms with van der Waals surface area (Å²) in [5, 5.41) is 6.67. The van der Waals surface area contributed by atoms with Crippen LogP contribution in [0.2, 0.25) is 0 Å². The van der Waals surface area contributed by atoms with Gasteiger partial charge in [0.05, 0.1) is 0 Å². The van der Waals surface area contributed by atoms with Gasteiger partial charge in [-0.15, -0.1) is 0 Å². The van der Waals surface area contributed by atoms with E-state index in [1.54, 1.807) is 0 Å². The van der Waals surface area contributed by atoms with E-state index >= 15 is 0 Å². The summed E-state index contributed by atoms with van der Waals surface area (Å²) in [5.74, 6) is 2.74. The zero-order valence-electron chi connectivity index (χ0n) is 13.0. The Kier molecular flexibility index (Phi) is 4.81. The molecule has 0 spiro atoms. The van der Waals surface area contributed by atoms with Gasteiger partial charge in [0, 0.05) is 38.8 Å². The third-order valence-electron chi connectivity index (χ3n) is 4.13. The number of aryl methyl sites for hydroxylation is 1. The summed E-state index contributed by atoms with van der Waals surface area (Å²) in [5.41, 5.74) is 1.38. The van der Waals surface area contributed by atoms with Crippen molar-refractivity contribution >= 4 is 11.6 Å². The van der Waals surface area contributed by atoms with Gasteiger partial charge in [0.1, 0.15) is 17.5 Å². The second kappa shape index (κ2) is 6.39. The SMILES string of the molecule is CCc1nc(NC)c(C)c(NCC2(C)CCOCC2)n1. The van der Waals surface area contributed by atoms with Crippen LogP contribution >= 0.6 is 0 Å². The average molecular weight is 278 g/mol. The first-order chi connectivity index (χ1) is 9.58. The molecule has 1 fully saturated rings. The lowest BCUT2D eigenvalue weighted by atomic mass is 9.82. The lowest BCUT2D eigenvalue weighted by Gasteiger charge is -2.34. The van der Waals surface area contributed by atoms with E-state index in [0.29, 0.717) is 5.41 Å². The molecule has 5 heteroatoms. The zero-order valence-corrected chi connectivity index (χ0v) is 13.0. The van der Waals surface area contributed by atoms with Gasteiger partial charge in [0.25, 0.3) is 0 Å². The topological polar surface area (TPSA) is 59.1 Å². The molecule has 20 heavy (non-hydrogen) atoms. The smallest absolute Gasteiger partial charge is 0.134 e. The Morgan fingerprint density at radius 2 is 1.85 bits per heavy atom. The normalized spacial score (nSPS) is 17.8. The maximum absolute atomic E-state index is 5.45. The van der Waals surface area contributed by atoms with Crippen molar-refractivity contribution in [2.75, 3.05) is 37.4 Å². The van der Waals surface area contributed by atoms with E-state index in [2.05, 4.69) is 41.4 Å². The van der Waals surface area contributed by atoms with E-state index in [9.17, 15) is 0 Å². The molecule has 1 aliphatic rings. The molecule has 1 saturated heterocycles. The minimum absolute atomic E-state index is 0.293. The maximum Gasteiger partial charge on any atom is 0.134 e. The molecule has 112 valence electrons. The average Bonchev–Trinajstić information content (AvgIpc) is 2.47. The largest absolute Gasteiger partial charge is 0.381 e. The highest BCUT2D eigenvalue weighted by Crippen LogP contribution is 2.30. The highest BCUT2D eigenvalue weighted by Gasteiger charge is 2.27. The summed E-state index contributed by atoms with van der Waals surface area (Å²) in [6.45, 7) is 9.11. The predicted molar refractivity (Wildman–Crippen MR) is 82.3 cm³/mol. The van der Waals surface area contributed by atoms with Crippen LogP contribution in [0.3, 0.4) is 0 Å². The van der Waals surface area contributed by atoms with Crippen molar-refractivity contribution in [1.29, 1.82) is 0 Å². The number of aromatic nitrogens is 2. The summed E-state index contributed by atoms with van der Waals surface area (Å²) < 4.78 is 5.45. The van der Waals surface area contributed by atoms with Crippen molar-refractivity contribution in [3.63, 3.8) is 0 Å². The third-order valence-corrected chi connectivity index (χ3v) is 4.13. The van der Waals surface area contributed by atoms with E-state index in [1.165, 1.54) is 0 Å². The Bertz CT molecular complexity index is 455. The van der Waals surface area contributed by atoms with Gasteiger partial charge in [-0.25, -0.2) is 9.97 Å². The van der Waals surface area contributed by atoms with Gasteiger partial charge in [0.15, 0.2) is 0 Å². The molecule has 2 N–H and O–H groups in total. The van der Waals surface area contributed by atoms with Crippen molar-refractivity contribution in [3.05, 3.63) is 11.4 Å². The van der Waals surface area contributed by atoms with E-state index in [4.69, 9.17) is 4.74 Å². The number of rotatable bonds is 5. The third kappa shape index (κ3) is 3.39. The van der Waals surface area contributed by atoms with Crippen molar-refractivity contribution in [2.24, 2.45) is 5.41 Å². The number of hydrogen-bond donors (Lipinski definition) is 2. The maximum atomic E-state index is 5.45. The van der Waals surface area contributed by atoms with Crippen molar-refractivity contribution in [3.8, 4) is 0 Å². The van der Waals surface area contributed by atoms with Crippen molar-refractivity contribution in [1.82, 2.24) is 9.97 Å². The van der Waals surface area contributed by atoms with E-state index in [-0.39, 0.29) is 0 Å². The van der Waals surface area contributed by atoms with Crippen LogP contribution in [0.4, 0.5) is 11.6 Å². The van der Waals surface area contributed by atoms with Crippen molar-refractivity contribution < 1.29 is 4.74 Å². The van der Waals surface area contributed by atoms with Gasteiger partial charge < -0.3 is 15.4 Å². The number of nitrogens with zero attached hydrogens (tertiary/aromatic N) is 2. The molecule has 0 aromatic carbocycles. The molecular weight excluding hydrogens is 252 g/mol. The molecule has 0 saturated carbocycles. The number of hydrogen-bond acceptors (Lipinski definition) is 5. The molecule has 0 amide bonds. The minimum atomic E-state index is 0.293. The standard InChI is InChI=1S/C15H26N4O/c1-5-12-18-13(16-4)11(2)14(19-12)17-10-15(3)6-8-20-9-7-15/h5-10H2,1-4H3,(H2,16,17,18,19). The van der Waals surface area contributed by atoms with Crippen LogP contribution in [-0.4, -0.2) is 36.8 Å². The molecule has 0 radical (unpaired) electrons. The molecule has 0 atom stereocenters. The van der Waals surface area contributed by atoms with E-state index in [0.717, 1.165) is 62.0 Å². The number of ether oxygens (including phenoxy) is 1. The van der Waals surface area contributed by atoms with Crippen LogP contribution in [0.5, 0.6) is 0 Å². The molecule has 2 rings (SSSR count). The summed E-state index contributed by atoms with van der Waals surface area (Å²) in [7, 11) is 1.90. The molecule has 1 aromatic heterocycles.